The fourth-order valence-corrected chi connectivity index (χ4v) is 4.25. The molecular formula is C18H21N3O4S. The molecule has 2 aromatic carbocycles. The molecule has 0 saturated carbocycles. The predicted octanol–water partition coefficient (Wildman–Crippen LogP) is 2.63. The molecule has 0 atom stereocenters. The van der Waals surface area contributed by atoms with Gasteiger partial charge < -0.3 is 4.90 Å². The molecule has 26 heavy (non-hydrogen) atoms. The highest BCUT2D eigenvalue weighted by Gasteiger charge is 2.20. The van der Waals surface area contributed by atoms with Crippen LogP contribution >= 0.6 is 0 Å². The molecular weight excluding hydrogens is 354 g/mol. The molecule has 1 N–H and O–H groups in total. The zero-order valence-electron chi connectivity index (χ0n) is 14.5. The molecule has 0 bridgehead atoms. The minimum absolute atomic E-state index is 0.0821. The first-order chi connectivity index (χ1) is 12.4. The number of fused-ring (bicyclic) bond motifs is 1. The highest BCUT2D eigenvalue weighted by molar-refractivity contribution is 7.89. The number of nitrogens with one attached hydrogen (secondary N) is 1. The lowest BCUT2D eigenvalue weighted by Gasteiger charge is -2.19. The predicted molar refractivity (Wildman–Crippen MR) is 100.0 cm³/mol. The van der Waals surface area contributed by atoms with Gasteiger partial charge in [-0.2, -0.15) is 0 Å². The lowest BCUT2D eigenvalue weighted by atomic mass is 10.2. The van der Waals surface area contributed by atoms with Gasteiger partial charge in [0.25, 0.3) is 5.69 Å². The molecule has 138 valence electrons. The lowest BCUT2D eigenvalue weighted by Crippen LogP contribution is -2.29. The molecule has 3 rings (SSSR count). The summed E-state index contributed by atoms with van der Waals surface area (Å²) < 4.78 is 27.3. The number of hydrogen-bond donors (Lipinski definition) is 1. The number of benzene rings is 2. The van der Waals surface area contributed by atoms with Crippen LogP contribution in [0.25, 0.3) is 0 Å². The van der Waals surface area contributed by atoms with Crippen LogP contribution in [0.1, 0.15) is 17.5 Å². The Labute approximate surface area is 152 Å². The summed E-state index contributed by atoms with van der Waals surface area (Å²) in [5, 5.41) is 11.0. The second kappa shape index (κ2) is 7.43. The molecule has 0 aliphatic carbocycles. The summed E-state index contributed by atoms with van der Waals surface area (Å²) in [6, 6.07) is 12.2. The molecule has 1 heterocycles. The molecule has 0 spiro atoms. The van der Waals surface area contributed by atoms with Gasteiger partial charge >= 0.3 is 0 Å². The maximum atomic E-state index is 12.4. The number of anilines is 1. The Morgan fingerprint density at radius 2 is 2.00 bits per heavy atom. The maximum Gasteiger partial charge on any atom is 0.273 e. The molecule has 7 nitrogen and oxygen atoms in total. The van der Waals surface area contributed by atoms with Crippen LogP contribution in [0.15, 0.2) is 47.4 Å². The van der Waals surface area contributed by atoms with Crippen LogP contribution < -0.4 is 9.62 Å². The Kier molecular flexibility index (Phi) is 5.24. The molecule has 8 heteroatoms. The SMILES string of the molecule is Cc1ccc(S(=O)(=O)NCCCN2CCc3ccccc32)cc1[N+](=O)[O-]. The number of hydrogen-bond acceptors (Lipinski definition) is 5. The van der Waals surface area contributed by atoms with E-state index in [4.69, 9.17) is 0 Å². The van der Waals surface area contributed by atoms with Gasteiger partial charge in [0.2, 0.25) is 10.0 Å². The van der Waals surface area contributed by atoms with Gasteiger partial charge in [-0.15, -0.1) is 0 Å². The zero-order valence-corrected chi connectivity index (χ0v) is 15.3. The molecule has 0 fully saturated rings. The van der Waals surface area contributed by atoms with Crippen LogP contribution in [-0.4, -0.2) is 33.0 Å². The summed E-state index contributed by atoms with van der Waals surface area (Å²) in [6.45, 7) is 3.56. The number of nitro benzene ring substituents is 1. The standard InChI is InChI=1S/C18H21N3O4S/c1-14-7-8-16(13-18(14)21(22)23)26(24,25)19-10-4-11-20-12-9-15-5-2-3-6-17(15)20/h2-3,5-8,13,19H,4,9-12H2,1H3. The summed E-state index contributed by atoms with van der Waals surface area (Å²) in [7, 11) is -3.76. The third kappa shape index (κ3) is 3.86. The van der Waals surface area contributed by atoms with Gasteiger partial charge in [-0.1, -0.05) is 24.3 Å². The molecule has 0 radical (unpaired) electrons. The van der Waals surface area contributed by atoms with Crippen LogP contribution in [0, 0.1) is 17.0 Å². The first-order valence-corrected chi connectivity index (χ1v) is 9.94. The summed E-state index contributed by atoms with van der Waals surface area (Å²) in [5.74, 6) is 0. The highest BCUT2D eigenvalue weighted by Crippen LogP contribution is 2.27. The largest absolute Gasteiger partial charge is 0.371 e. The molecule has 0 saturated heterocycles. The molecule has 0 unspecified atom stereocenters. The van der Waals surface area contributed by atoms with E-state index in [2.05, 4.69) is 21.8 Å². The van der Waals surface area contributed by atoms with E-state index in [1.54, 1.807) is 6.92 Å². The first kappa shape index (κ1) is 18.3. The van der Waals surface area contributed by atoms with E-state index in [-0.39, 0.29) is 17.1 Å². The van der Waals surface area contributed by atoms with E-state index in [1.165, 1.54) is 23.4 Å². The van der Waals surface area contributed by atoms with Crippen molar-refractivity contribution in [1.82, 2.24) is 4.72 Å². The average molecular weight is 375 g/mol. The van der Waals surface area contributed by atoms with Gasteiger partial charge in [0.15, 0.2) is 0 Å². The van der Waals surface area contributed by atoms with Gasteiger partial charge in [0.1, 0.15) is 0 Å². The molecule has 1 aliphatic heterocycles. The van der Waals surface area contributed by atoms with E-state index < -0.39 is 14.9 Å². The molecule has 2 aromatic rings. The average Bonchev–Trinajstić information content (AvgIpc) is 3.02. The number of nitro groups is 1. The maximum absolute atomic E-state index is 12.4. The van der Waals surface area contributed by atoms with Crippen molar-refractivity contribution in [3.63, 3.8) is 0 Å². The van der Waals surface area contributed by atoms with Crippen molar-refractivity contribution >= 4 is 21.4 Å². The lowest BCUT2D eigenvalue weighted by molar-refractivity contribution is -0.385. The highest BCUT2D eigenvalue weighted by atomic mass is 32.2. The Balaban J connectivity index is 1.58. The van der Waals surface area contributed by atoms with E-state index >= 15 is 0 Å². The van der Waals surface area contributed by atoms with Crippen molar-refractivity contribution in [1.29, 1.82) is 0 Å². The Bertz CT molecular complexity index is 928. The number of para-hydroxylation sites is 1. The Morgan fingerprint density at radius 3 is 2.77 bits per heavy atom. The van der Waals surface area contributed by atoms with E-state index in [0.717, 1.165) is 25.6 Å². The van der Waals surface area contributed by atoms with Crippen molar-refractivity contribution < 1.29 is 13.3 Å². The summed E-state index contributed by atoms with van der Waals surface area (Å²) in [6.07, 6.45) is 1.66. The van der Waals surface area contributed by atoms with E-state index in [0.29, 0.717) is 12.0 Å². The van der Waals surface area contributed by atoms with Gasteiger partial charge in [-0.05, 0) is 37.5 Å². The van der Waals surface area contributed by atoms with Gasteiger partial charge in [-0.25, -0.2) is 13.1 Å². The minimum Gasteiger partial charge on any atom is -0.371 e. The Morgan fingerprint density at radius 1 is 1.23 bits per heavy atom. The third-order valence-electron chi connectivity index (χ3n) is 4.57. The number of sulfonamides is 1. The smallest absolute Gasteiger partial charge is 0.273 e. The van der Waals surface area contributed by atoms with Crippen molar-refractivity contribution in [2.24, 2.45) is 0 Å². The number of rotatable bonds is 7. The monoisotopic (exact) mass is 375 g/mol. The first-order valence-electron chi connectivity index (χ1n) is 8.46. The quantitative estimate of drug-likeness (QED) is 0.456. The van der Waals surface area contributed by atoms with Crippen molar-refractivity contribution in [3.05, 3.63) is 63.7 Å². The topological polar surface area (TPSA) is 92.6 Å². The van der Waals surface area contributed by atoms with Crippen LogP contribution in [-0.2, 0) is 16.4 Å². The van der Waals surface area contributed by atoms with Gasteiger partial charge in [0.05, 0.1) is 9.82 Å². The summed E-state index contributed by atoms with van der Waals surface area (Å²) >= 11 is 0. The van der Waals surface area contributed by atoms with Crippen LogP contribution in [0.2, 0.25) is 0 Å². The van der Waals surface area contributed by atoms with Gasteiger partial charge in [0, 0.05) is 37.0 Å². The zero-order chi connectivity index (χ0) is 18.7. The van der Waals surface area contributed by atoms with Crippen LogP contribution in [0.4, 0.5) is 11.4 Å². The van der Waals surface area contributed by atoms with Crippen molar-refractivity contribution in [2.75, 3.05) is 24.5 Å². The summed E-state index contributed by atoms with van der Waals surface area (Å²) in [5.41, 5.74) is 2.77. The second-order valence-corrected chi connectivity index (χ2v) is 8.09. The molecule has 0 aromatic heterocycles. The third-order valence-corrected chi connectivity index (χ3v) is 6.03. The fraction of sp³-hybridized carbons (Fsp3) is 0.333. The van der Waals surface area contributed by atoms with Crippen molar-refractivity contribution in [2.45, 2.75) is 24.7 Å². The van der Waals surface area contributed by atoms with E-state index in [9.17, 15) is 18.5 Å². The molecule has 1 aliphatic rings. The van der Waals surface area contributed by atoms with Crippen LogP contribution in [0.5, 0.6) is 0 Å². The number of aryl methyl sites for hydroxylation is 1. The molecule has 0 amide bonds. The Hall–Kier alpha value is -2.45. The minimum atomic E-state index is -3.76. The fourth-order valence-electron chi connectivity index (χ4n) is 3.15. The van der Waals surface area contributed by atoms with Gasteiger partial charge in [-0.3, -0.25) is 10.1 Å². The summed E-state index contributed by atoms with van der Waals surface area (Å²) in [4.78, 5) is 12.6. The second-order valence-electron chi connectivity index (χ2n) is 6.32. The van der Waals surface area contributed by atoms with Crippen LogP contribution in [0.3, 0.4) is 0 Å². The van der Waals surface area contributed by atoms with Crippen molar-refractivity contribution in [3.8, 4) is 0 Å². The normalized spacial score (nSPS) is 13.7. The number of nitrogens with zero attached hydrogens (tertiary/aromatic N) is 2. The van der Waals surface area contributed by atoms with E-state index in [1.807, 2.05) is 12.1 Å².